The van der Waals surface area contributed by atoms with Crippen LogP contribution in [0, 0.1) is 5.92 Å². The molecule has 7 heteroatoms. The molecule has 1 atom stereocenters. The maximum atomic E-state index is 12.3. The molecule has 1 heterocycles. The maximum absolute atomic E-state index is 12.3. The molecule has 0 aromatic carbocycles. The highest BCUT2D eigenvalue weighted by Gasteiger charge is 2.31. The van der Waals surface area contributed by atoms with Gasteiger partial charge >= 0.3 is 0 Å². The number of rotatable bonds is 6. The van der Waals surface area contributed by atoms with Gasteiger partial charge in [0, 0.05) is 24.8 Å². The molecule has 1 amide bonds. The lowest BCUT2D eigenvalue weighted by Gasteiger charge is -2.18. The van der Waals surface area contributed by atoms with Crippen LogP contribution in [0.15, 0.2) is 18.3 Å². The molecule has 1 unspecified atom stereocenters. The molecule has 1 aromatic rings. The van der Waals surface area contributed by atoms with E-state index in [0.717, 1.165) is 12.8 Å². The molecule has 5 nitrogen and oxygen atoms in total. The van der Waals surface area contributed by atoms with Gasteiger partial charge in [-0.3, -0.25) is 4.79 Å². The van der Waals surface area contributed by atoms with E-state index in [0.29, 0.717) is 23.8 Å². The summed E-state index contributed by atoms with van der Waals surface area (Å²) in [6, 6.07) is 3.87. The fraction of sp³-hybridized carbons (Fsp3) is 0.571. The molecule has 1 saturated carbocycles. The van der Waals surface area contributed by atoms with Gasteiger partial charge in [-0.15, -0.1) is 24.8 Å². The van der Waals surface area contributed by atoms with Crippen LogP contribution in [0.4, 0.5) is 5.82 Å². The number of nitrogens with one attached hydrogen (secondary N) is 2. The quantitative estimate of drug-likeness (QED) is 0.745. The van der Waals surface area contributed by atoms with Gasteiger partial charge in [0.05, 0.1) is 5.56 Å². The van der Waals surface area contributed by atoms with E-state index in [-0.39, 0.29) is 42.8 Å². The Morgan fingerprint density at radius 1 is 1.43 bits per heavy atom. The van der Waals surface area contributed by atoms with Crippen molar-refractivity contribution >= 4 is 36.5 Å². The van der Waals surface area contributed by atoms with Gasteiger partial charge in [0.2, 0.25) is 0 Å². The number of nitrogens with zero attached hydrogens (tertiary/aromatic N) is 1. The largest absolute Gasteiger partial charge is 0.367 e. The third kappa shape index (κ3) is 5.69. The van der Waals surface area contributed by atoms with Crippen molar-refractivity contribution < 1.29 is 4.79 Å². The van der Waals surface area contributed by atoms with Crippen molar-refractivity contribution in [2.75, 3.05) is 11.9 Å². The van der Waals surface area contributed by atoms with Gasteiger partial charge in [0.15, 0.2) is 0 Å². The molecule has 0 bridgehead atoms. The first-order valence-corrected chi connectivity index (χ1v) is 6.84. The van der Waals surface area contributed by atoms with Crippen molar-refractivity contribution in [2.45, 2.75) is 38.8 Å². The Morgan fingerprint density at radius 2 is 2.10 bits per heavy atom. The molecule has 1 fully saturated rings. The van der Waals surface area contributed by atoms with E-state index < -0.39 is 0 Å². The van der Waals surface area contributed by atoms with Crippen LogP contribution >= 0.6 is 24.8 Å². The lowest BCUT2D eigenvalue weighted by atomic mass is 10.1. The van der Waals surface area contributed by atoms with Crippen molar-refractivity contribution in [3.63, 3.8) is 0 Å². The molecule has 0 spiro atoms. The van der Waals surface area contributed by atoms with Crippen molar-refractivity contribution in [2.24, 2.45) is 11.7 Å². The maximum Gasteiger partial charge on any atom is 0.255 e. The average Bonchev–Trinajstić information content (AvgIpc) is 3.20. The Morgan fingerprint density at radius 3 is 2.62 bits per heavy atom. The normalized spacial score (nSPS) is 14.7. The van der Waals surface area contributed by atoms with E-state index in [1.54, 1.807) is 18.3 Å². The van der Waals surface area contributed by atoms with Crippen LogP contribution in [0.5, 0.6) is 0 Å². The van der Waals surface area contributed by atoms with Gasteiger partial charge in [0.1, 0.15) is 5.82 Å². The summed E-state index contributed by atoms with van der Waals surface area (Å²) in [6.07, 6.45) is 4.00. The Hall–Kier alpha value is -1.04. The number of carbonyl (C=O) groups excluding carboxylic acids is 1. The summed E-state index contributed by atoms with van der Waals surface area (Å²) >= 11 is 0. The Labute approximate surface area is 138 Å². The molecule has 4 N–H and O–H groups in total. The second kappa shape index (κ2) is 9.07. The number of halogens is 2. The first-order valence-electron chi connectivity index (χ1n) is 6.84. The molecule has 120 valence electrons. The highest BCUT2D eigenvalue weighted by Crippen LogP contribution is 2.32. The number of nitrogens with two attached hydrogens (primary N) is 1. The number of hydrogen-bond donors (Lipinski definition) is 3. The third-order valence-corrected chi connectivity index (χ3v) is 3.24. The molecule has 1 aliphatic rings. The fourth-order valence-corrected chi connectivity index (χ4v) is 2.09. The van der Waals surface area contributed by atoms with Crippen molar-refractivity contribution in [1.29, 1.82) is 0 Å². The summed E-state index contributed by atoms with van der Waals surface area (Å²) in [5, 5.41) is 6.20. The van der Waals surface area contributed by atoms with E-state index in [2.05, 4.69) is 15.6 Å². The Balaban J connectivity index is 0.00000200. The number of hydrogen-bond acceptors (Lipinski definition) is 4. The highest BCUT2D eigenvalue weighted by atomic mass is 35.5. The summed E-state index contributed by atoms with van der Waals surface area (Å²) in [5.74, 6) is 1.08. The number of aromatic nitrogens is 1. The monoisotopic (exact) mass is 334 g/mol. The zero-order chi connectivity index (χ0) is 13.8. The predicted octanol–water partition coefficient (Wildman–Crippen LogP) is 2.21. The second-order valence-electron chi connectivity index (χ2n) is 5.35. The van der Waals surface area contributed by atoms with Crippen LogP contribution in [-0.2, 0) is 0 Å². The van der Waals surface area contributed by atoms with Crippen molar-refractivity contribution in [3.8, 4) is 0 Å². The zero-order valence-corrected chi connectivity index (χ0v) is 14.0. The van der Waals surface area contributed by atoms with Crippen LogP contribution in [0.1, 0.15) is 37.0 Å². The Bertz CT molecular complexity index is 452. The molecule has 0 aliphatic heterocycles. The standard InChI is InChI=1S/C14H22N4O.2ClH/c1-9(2)17-13-11(4-3-7-16-13)14(19)18-12(8-15)10-5-6-10;;/h3-4,7,9-10,12H,5-6,8,15H2,1-2H3,(H,16,17)(H,18,19);2*1H. The molecule has 1 aromatic heterocycles. The number of carbonyl (C=O) groups is 1. The van der Waals surface area contributed by atoms with Crippen LogP contribution < -0.4 is 16.4 Å². The van der Waals surface area contributed by atoms with E-state index in [4.69, 9.17) is 5.73 Å². The van der Waals surface area contributed by atoms with Gasteiger partial charge < -0.3 is 16.4 Å². The van der Waals surface area contributed by atoms with Crippen LogP contribution in [0.2, 0.25) is 0 Å². The average molecular weight is 335 g/mol. The van der Waals surface area contributed by atoms with E-state index in [9.17, 15) is 4.79 Å². The molecule has 0 saturated heterocycles. The minimum Gasteiger partial charge on any atom is -0.367 e. The zero-order valence-electron chi connectivity index (χ0n) is 12.3. The Kier molecular flexibility index (Phi) is 8.63. The predicted molar refractivity (Wildman–Crippen MR) is 90.5 cm³/mol. The van der Waals surface area contributed by atoms with Crippen LogP contribution in [0.25, 0.3) is 0 Å². The minimum absolute atomic E-state index is 0. The lowest BCUT2D eigenvalue weighted by Crippen LogP contribution is -2.42. The van der Waals surface area contributed by atoms with Crippen molar-refractivity contribution in [3.05, 3.63) is 23.9 Å². The van der Waals surface area contributed by atoms with Crippen molar-refractivity contribution in [1.82, 2.24) is 10.3 Å². The van der Waals surface area contributed by atoms with E-state index in [1.807, 2.05) is 13.8 Å². The SMILES string of the molecule is CC(C)Nc1ncccc1C(=O)NC(CN)C1CC1.Cl.Cl. The summed E-state index contributed by atoms with van der Waals surface area (Å²) in [5.41, 5.74) is 6.29. The second-order valence-corrected chi connectivity index (χ2v) is 5.35. The first-order chi connectivity index (χ1) is 9.11. The van der Waals surface area contributed by atoms with Gasteiger partial charge in [-0.25, -0.2) is 4.98 Å². The molecule has 2 rings (SSSR count). The lowest BCUT2D eigenvalue weighted by molar-refractivity contribution is 0.0934. The smallest absolute Gasteiger partial charge is 0.255 e. The molecular weight excluding hydrogens is 311 g/mol. The summed E-state index contributed by atoms with van der Waals surface area (Å²) in [4.78, 5) is 16.5. The topological polar surface area (TPSA) is 80.0 Å². The van der Waals surface area contributed by atoms with Gasteiger partial charge in [-0.2, -0.15) is 0 Å². The third-order valence-electron chi connectivity index (χ3n) is 3.24. The highest BCUT2D eigenvalue weighted by molar-refractivity contribution is 5.98. The molecule has 0 radical (unpaired) electrons. The van der Waals surface area contributed by atoms with Gasteiger partial charge in [-0.1, -0.05) is 0 Å². The first kappa shape index (κ1) is 20.0. The summed E-state index contributed by atoms with van der Waals surface area (Å²) in [6.45, 7) is 4.52. The summed E-state index contributed by atoms with van der Waals surface area (Å²) < 4.78 is 0. The van der Waals surface area contributed by atoms with Crippen LogP contribution in [0.3, 0.4) is 0 Å². The molecular formula is C14H24Cl2N4O. The van der Waals surface area contributed by atoms with E-state index >= 15 is 0 Å². The number of pyridine rings is 1. The molecule has 1 aliphatic carbocycles. The minimum atomic E-state index is -0.0985. The number of anilines is 1. The van der Waals surface area contributed by atoms with E-state index in [1.165, 1.54) is 0 Å². The van der Waals surface area contributed by atoms with Crippen LogP contribution in [-0.4, -0.2) is 29.5 Å². The molecule has 21 heavy (non-hydrogen) atoms. The van der Waals surface area contributed by atoms with Gasteiger partial charge in [-0.05, 0) is 44.7 Å². The summed E-state index contributed by atoms with van der Waals surface area (Å²) in [7, 11) is 0. The fourth-order valence-electron chi connectivity index (χ4n) is 2.09. The number of amides is 1. The van der Waals surface area contributed by atoms with Gasteiger partial charge in [0.25, 0.3) is 5.91 Å².